The van der Waals surface area contributed by atoms with Crippen molar-refractivity contribution < 1.29 is 23.8 Å². The fraction of sp³-hybridized carbons (Fsp3) is 0.280. The first-order valence-corrected chi connectivity index (χ1v) is 11.4. The van der Waals surface area contributed by atoms with Gasteiger partial charge in [-0.25, -0.2) is 0 Å². The Morgan fingerprint density at radius 2 is 1.79 bits per heavy atom. The Labute approximate surface area is 196 Å². The average Bonchev–Trinajstić information content (AvgIpc) is 3.48. The van der Waals surface area contributed by atoms with Crippen LogP contribution in [0.2, 0.25) is 0 Å². The van der Waals surface area contributed by atoms with Gasteiger partial charge in [0.2, 0.25) is 11.7 Å². The van der Waals surface area contributed by atoms with Crippen LogP contribution in [-0.4, -0.2) is 38.0 Å². The van der Waals surface area contributed by atoms with Crippen LogP contribution < -0.4 is 19.5 Å². The van der Waals surface area contributed by atoms with Crippen molar-refractivity contribution in [2.45, 2.75) is 25.6 Å². The van der Waals surface area contributed by atoms with Gasteiger partial charge in [0, 0.05) is 17.0 Å². The SMILES string of the molecule is COc1cc(C(CC(=O)NCc2cccs2)N2Cc3ccccc3C2=O)cc(OC)c1OC. The summed E-state index contributed by atoms with van der Waals surface area (Å²) in [5.41, 5.74) is 2.34. The molecule has 4 rings (SSSR count). The Balaban J connectivity index is 1.67. The second kappa shape index (κ2) is 9.95. The van der Waals surface area contributed by atoms with Gasteiger partial charge < -0.3 is 24.4 Å². The van der Waals surface area contributed by atoms with Crippen LogP contribution in [0.5, 0.6) is 17.2 Å². The Hall–Kier alpha value is -3.52. The number of ether oxygens (including phenoxy) is 3. The van der Waals surface area contributed by atoms with Gasteiger partial charge in [-0.1, -0.05) is 24.3 Å². The van der Waals surface area contributed by atoms with Crippen molar-refractivity contribution in [1.82, 2.24) is 10.2 Å². The molecule has 0 aliphatic carbocycles. The van der Waals surface area contributed by atoms with E-state index in [9.17, 15) is 9.59 Å². The third kappa shape index (κ3) is 4.66. The molecule has 33 heavy (non-hydrogen) atoms. The Morgan fingerprint density at radius 1 is 1.06 bits per heavy atom. The van der Waals surface area contributed by atoms with E-state index >= 15 is 0 Å². The molecule has 1 atom stereocenters. The number of hydrogen-bond acceptors (Lipinski definition) is 6. The molecule has 7 nitrogen and oxygen atoms in total. The number of nitrogens with one attached hydrogen (secondary N) is 1. The summed E-state index contributed by atoms with van der Waals surface area (Å²) in [6, 6.07) is 14.5. The summed E-state index contributed by atoms with van der Waals surface area (Å²) in [6.07, 6.45) is 0.101. The number of benzene rings is 2. The van der Waals surface area contributed by atoms with Crippen molar-refractivity contribution in [2.75, 3.05) is 21.3 Å². The number of nitrogens with zero attached hydrogens (tertiary/aromatic N) is 1. The quantitative estimate of drug-likeness (QED) is 0.512. The molecule has 172 valence electrons. The summed E-state index contributed by atoms with van der Waals surface area (Å²) in [5, 5.41) is 4.94. The Morgan fingerprint density at radius 3 is 2.39 bits per heavy atom. The molecule has 2 amide bonds. The first-order valence-electron chi connectivity index (χ1n) is 10.5. The molecule has 1 unspecified atom stereocenters. The van der Waals surface area contributed by atoms with Crippen LogP contribution in [0.1, 0.15) is 38.8 Å². The van der Waals surface area contributed by atoms with Crippen molar-refractivity contribution in [3.8, 4) is 17.2 Å². The van der Waals surface area contributed by atoms with E-state index in [1.165, 1.54) is 7.11 Å². The summed E-state index contributed by atoms with van der Waals surface area (Å²) in [6.45, 7) is 0.876. The van der Waals surface area contributed by atoms with Gasteiger partial charge in [-0.2, -0.15) is 0 Å². The fourth-order valence-electron chi connectivity index (χ4n) is 4.08. The minimum absolute atomic E-state index is 0.101. The van der Waals surface area contributed by atoms with Crippen molar-refractivity contribution in [2.24, 2.45) is 0 Å². The van der Waals surface area contributed by atoms with E-state index in [2.05, 4.69) is 5.32 Å². The highest BCUT2D eigenvalue weighted by atomic mass is 32.1. The molecule has 0 saturated heterocycles. The van der Waals surface area contributed by atoms with E-state index in [1.54, 1.807) is 42.6 Å². The van der Waals surface area contributed by atoms with Crippen LogP contribution in [0.4, 0.5) is 0 Å². The summed E-state index contributed by atoms with van der Waals surface area (Å²) in [7, 11) is 4.62. The van der Waals surface area contributed by atoms with E-state index in [0.717, 1.165) is 16.0 Å². The van der Waals surface area contributed by atoms with E-state index < -0.39 is 6.04 Å². The zero-order chi connectivity index (χ0) is 23.4. The standard InChI is InChI=1S/C25H26N2O5S/c1-30-21-11-17(12-22(31-2)24(21)32-3)20(13-23(28)26-14-18-8-6-10-33-18)27-15-16-7-4-5-9-19(16)25(27)29/h4-12,20H,13-15H2,1-3H3,(H,26,28). The molecule has 0 saturated carbocycles. The average molecular weight is 467 g/mol. The van der Waals surface area contributed by atoms with E-state index in [-0.39, 0.29) is 18.2 Å². The molecular weight excluding hydrogens is 440 g/mol. The number of amides is 2. The molecule has 1 N–H and O–H groups in total. The monoisotopic (exact) mass is 466 g/mol. The zero-order valence-electron chi connectivity index (χ0n) is 18.8. The molecular formula is C25H26N2O5S. The van der Waals surface area contributed by atoms with Crippen molar-refractivity contribution in [3.05, 3.63) is 75.5 Å². The van der Waals surface area contributed by atoms with Crippen molar-refractivity contribution in [1.29, 1.82) is 0 Å². The summed E-state index contributed by atoms with van der Waals surface area (Å²) in [5.74, 6) is 1.15. The van der Waals surface area contributed by atoms with Crippen molar-refractivity contribution >= 4 is 23.2 Å². The first kappa shape index (κ1) is 22.7. The predicted octanol–water partition coefficient (Wildman–Crippen LogP) is 4.18. The molecule has 1 aromatic heterocycles. The van der Waals surface area contributed by atoms with E-state index in [4.69, 9.17) is 14.2 Å². The largest absolute Gasteiger partial charge is 0.493 e. The van der Waals surface area contributed by atoms with E-state index in [1.807, 2.05) is 41.8 Å². The molecule has 8 heteroatoms. The fourth-order valence-corrected chi connectivity index (χ4v) is 4.72. The minimum Gasteiger partial charge on any atom is -0.493 e. The lowest BCUT2D eigenvalue weighted by molar-refractivity contribution is -0.122. The summed E-state index contributed by atoms with van der Waals surface area (Å²) in [4.78, 5) is 29.0. The molecule has 0 fully saturated rings. The maximum absolute atomic E-state index is 13.3. The maximum Gasteiger partial charge on any atom is 0.255 e. The number of carbonyl (C=O) groups is 2. The zero-order valence-corrected chi connectivity index (χ0v) is 19.6. The molecule has 3 aromatic rings. The van der Waals surface area contributed by atoms with Crippen LogP contribution in [0.3, 0.4) is 0 Å². The number of thiophene rings is 1. The Bertz CT molecular complexity index is 1120. The summed E-state index contributed by atoms with van der Waals surface area (Å²) >= 11 is 1.59. The molecule has 0 bridgehead atoms. The second-order valence-corrected chi connectivity index (χ2v) is 8.66. The molecule has 0 spiro atoms. The van der Waals surface area contributed by atoms with Gasteiger partial charge in [-0.3, -0.25) is 9.59 Å². The van der Waals surface area contributed by atoms with Crippen LogP contribution in [0.15, 0.2) is 53.9 Å². The summed E-state index contributed by atoms with van der Waals surface area (Å²) < 4.78 is 16.5. The minimum atomic E-state index is -0.512. The van der Waals surface area contributed by atoms with Gasteiger partial charge >= 0.3 is 0 Å². The van der Waals surface area contributed by atoms with Gasteiger partial charge in [0.25, 0.3) is 5.91 Å². The maximum atomic E-state index is 13.3. The highest BCUT2D eigenvalue weighted by Gasteiger charge is 2.35. The third-order valence-electron chi connectivity index (χ3n) is 5.72. The van der Waals surface area contributed by atoms with Gasteiger partial charge in [0.15, 0.2) is 11.5 Å². The molecule has 1 aliphatic rings. The lowest BCUT2D eigenvalue weighted by Gasteiger charge is -2.29. The molecule has 2 heterocycles. The topological polar surface area (TPSA) is 77.1 Å². The smallest absolute Gasteiger partial charge is 0.255 e. The predicted molar refractivity (Wildman–Crippen MR) is 126 cm³/mol. The van der Waals surface area contributed by atoms with Crippen LogP contribution in [0, 0.1) is 0 Å². The van der Waals surface area contributed by atoms with E-state index in [0.29, 0.717) is 35.9 Å². The lowest BCUT2D eigenvalue weighted by atomic mass is 10.00. The lowest BCUT2D eigenvalue weighted by Crippen LogP contribution is -2.34. The number of rotatable bonds is 9. The number of hydrogen-bond donors (Lipinski definition) is 1. The highest BCUT2D eigenvalue weighted by Crippen LogP contribution is 2.42. The Kier molecular flexibility index (Phi) is 6.84. The van der Waals surface area contributed by atoms with Gasteiger partial charge in [-0.15, -0.1) is 11.3 Å². The molecule has 2 aromatic carbocycles. The second-order valence-electron chi connectivity index (χ2n) is 7.62. The highest BCUT2D eigenvalue weighted by molar-refractivity contribution is 7.09. The molecule has 1 aliphatic heterocycles. The van der Waals surface area contributed by atoms with Gasteiger partial charge in [-0.05, 0) is 40.8 Å². The van der Waals surface area contributed by atoms with Crippen LogP contribution >= 0.6 is 11.3 Å². The van der Waals surface area contributed by atoms with Gasteiger partial charge in [0.1, 0.15) is 0 Å². The van der Waals surface area contributed by atoms with Crippen molar-refractivity contribution in [3.63, 3.8) is 0 Å². The van der Waals surface area contributed by atoms with Crippen LogP contribution in [0.25, 0.3) is 0 Å². The number of methoxy groups -OCH3 is 3. The van der Waals surface area contributed by atoms with Crippen LogP contribution in [-0.2, 0) is 17.9 Å². The van der Waals surface area contributed by atoms with Gasteiger partial charge in [0.05, 0.1) is 40.3 Å². The normalized spacial score (nSPS) is 13.4. The number of fused-ring (bicyclic) bond motifs is 1. The first-order chi connectivity index (χ1) is 16.0. The number of carbonyl (C=O) groups excluding carboxylic acids is 2. The molecule has 0 radical (unpaired) electrons. The third-order valence-corrected chi connectivity index (χ3v) is 6.59.